The van der Waals surface area contributed by atoms with E-state index in [9.17, 15) is 4.79 Å². The fourth-order valence-corrected chi connectivity index (χ4v) is 1.20. The molecule has 0 aliphatic heterocycles. The molecule has 0 bridgehead atoms. The van der Waals surface area contributed by atoms with Gasteiger partial charge < -0.3 is 16.3 Å². The van der Waals surface area contributed by atoms with Crippen LogP contribution in [-0.2, 0) is 4.79 Å². The van der Waals surface area contributed by atoms with E-state index in [1.165, 1.54) is 0 Å². The summed E-state index contributed by atoms with van der Waals surface area (Å²) in [6.07, 6.45) is 0.799. The highest BCUT2D eigenvalue weighted by molar-refractivity contribution is 6.31. The Morgan fingerprint density at radius 1 is 0.957 bits per heavy atom. The molecule has 4 N–H and O–H groups in total. The molecule has 0 heterocycles. The van der Waals surface area contributed by atoms with E-state index < -0.39 is 5.91 Å². The number of nitrogens with one attached hydrogen (secondary N) is 1. The van der Waals surface area contributed by atoms with Gasteiger partial charge in [-0.3, -0.25) is 4.79 Å². The summed E-state index contributed by atoms with van der Waals surface area (Å²) in [6.45, 7) is 8.00. The molecule has 0 fully saturated rings. The third-order valence-corrected chi connectivity index (χ3v) is 2.02. The first kappa shape index (κ1) is 22.5. The van der Waals surface area contributed by atoms with Gasteiger partial charge in [-0.25, -0.2) is 0 Å². The molecular weight excluding hydrogens is 290 g/mol. The number of hydrogen-bond acceptors (Lipinski definition) is 4. The number of carbonyl (C=O) groups is 1. The van der Waals surface area contributed by atoms with Gasteiger partial charge in [-0.2, -0.15) is 0 Å². The second kappa shape index (κ2) is 17.2. The summed E-state index contributed by atoms with van der Waals surface area (Å²) in [5, 5.41) is 13.1. The Hall–Kier alpha value is -2.82. The first-order chi connectivity index (χ1) is 11.2. The van der Waals surface area contributed by atoms with Crippen LogP contribution in [0.2, 0.25) is 0 Å². The molecule has 0 radical (unpaired) electrons. The molecule has 0 aliphatic rings. The van der Waals surface area contributed by atoms with Crippen LogP contribution in [0.1, 0.15) is 27.7 Å². The Labute approximate surface area is 138 Å². The Morgan fingerprint density at radius 3 is 1.74 bits per heavy atom. The van der Waals surface area contributed by atoms with Crippen LogP contribution in [0.25, 0.3) is 0 Å². The standard InChI is InChI=1S/C8H8N2O2.C6H7N.2C2H6/c11-8(6-9-12)10-7-4-2-1-3-5-7;7-6-4-2-1-3-5-6;2*1-2/h1-6,12H,(H,10,11);1-5H,7H2;2*1-2H3/b9-6+;;;. The van der Waals surface area contributed by atoms with Crippen molar-refractivity contribution in [3.8, 4) is 0 Å². The largest absolute Gasteiger partial charge is 0.411 e. The number of para-hydroxylation sites is 2. The Balaban J connectivity index is 0. The molecular formula is C18H27N3O2. The van der Waals surface area contributed by atoms with Crippen molar-refractivity contribution in [1.82, 2.24) is 0 Å². The van der Waals surface area contributed by atoms with Crippen LogP contribution in [0, 0.1) is 0 Å². The van der Waals surface area contributed by atoms with E-state index in [-0.39, 0.29) is 0 Å². The summed E-state index contributed by atoms with van der Waals surface area (Å²) in [6, 6.07) is 18.4. The zero-order chi connectivity index (χ0) is 17.9. The number of hydrogen-bond donors (Lipinski definition) is 3. The van der Waals surface area contributed by atoms with Crippen molar-refractivity contribution in [2.75, 3.05) is 11.1 Å². The van der Waals surface area contributed by atoms with Crippen molar-refractivity contribution in [2.24, 2.45) is 5.16 Å². The van der Waals surface area contributed by atoms with E-state index in [4.69, 9.17) is 10.9 Å². The Kier molecular flexibility index (Phi) is 16.8. The molecule has 0 aromatic heterocycles. The molecule has 5 heteroatoms. The lowest BCUT2D eigenvalue weighted by Crippen LogP contribution is -2.12. The average molecular weight is 317 g/mol. The molecule has 2 rings (SSSR count). The lowest BCUT2D eigenvalue weighted by molar-refractivity contribution is -0.110. The first-order valence-electron chi connectivity index (χ1n) is 7.56. The van der Waals surface area contributed by atoms with Gasteiger partial charge in [-0.15, -0.1) is 0 Å². The second-order valence-corrected chi connectivity index (χ2v) is 3.51. The zero-order valence-electron chi connectivity index (χ0n) is 14.2. The predicted octanol–water partition coefficient (Wildman–Crippen LogP) is 4.41. The van der Waals surface area contributed by atoms with Crippen molar-refractivity contribution >= 4 is 23.5 Å². The summed E-state index contributed by atoms with van der Waals surface area (Å²) < 4.78 is 0. The highest BCUT2D eigenvalue weighted by Gasteiger charge is 1.95. The SMILES string of the molecule is CC.CC.Nc1ccccc1.O=C(/C=N/O)Nc1ccccc1. The van der Waals surface area contributed by atoms with Crippen molar-refractivity contribution in [2.45, 2.75) is 27.7 Å². The highest BCUT2D eigenvalue weighted by atomic mass is 16.4. The van der Waals surface area contributed by atoms with Gasteiger partial charge in [0.15, 0.2) is 0 Å². The van der Waals surface area contributed by atoms with Gasteiger partial charge in [0, 0.05) is 11.4 Å². The van der Waals surface area contributed by atoms with E-state index in [1.54, 1.807) is 24.3 Å². The molecule has 2 aromatic carbocycles. The molecule has 0 atom stereocenters. The topological polar surface area (TPSA) is 87.7 Å². The van der Waals surface area contributed by atoms with E-state index in [0.717, 1.165) is 11.9 Å². The fraction of sp³-hybridized carbons (Fsp3) is 0.222. The molecule has 0 unspecified atom stereocenters. The number of rotatable bonds is 2. The van der Waals surface area contributed by atoms with Gasteiger partial charge in [0.25, 0.3) is 5.91 Å². The molecule has 1 amide bonds. The lowest BCUT2D eigenvalue weighted by atomic mass is 10.3. The third-order valence-electron chi connectivity index (χ3n) is 2.02. The molecule has 2 aromatic rings. The highest BCUT2D eigenvalue weighted by Crippen LogP contribution is 2.03. The number of nitrogens with two attached hydrogens (primary N) is 1. The summed E-state index contributed by atoms with van der Waals surface area (Å²) >= 11 is 0. The molecule has 0 aliphatic carbocycles. The lowest BCUT2D eigenvalue weighted by Gasteiger charge is -1.98. The maximum atomic E-state index is 10.8. The number of benzene rings is 2. The minimum absolute atomic E-state index is 0.455. The normalized spacial score (nSPS) is 8.35. The van der Waals surface area contributed by atoms with Gasteiger partial charge >= 0.3 is 0 Å². The van der Waals surface area contributed by atoms with Crippen LogP contribution >= 0.6 is 0 Å². The molecule has 0 spiro atoms. The van der Waals surface area contributed by atoms with Gasteiger partial charge in [-0.1, -0.05) is 69.2 Å². The van der Waals surface area contributed by atoms with Crippen LogP contribution in [0.4, 0.5) is 11.4 Å². The van der Waals surface area contributed by atoms with Gasteiger partial charge in [0.2, 0.25) is 0 Å². The third kappa shape index (κ3) is 13.9. The van der Waals surface area contributed by atoms with E-state index in [1.807, 2.05) is 64.1 Å². The number of nitrogen functional groups attached to an aromatic ring is 1. The number of carbonyl (C=O) groups excluding carboxylic acids is 1. The van der Waals surface area contributed by atoms with E-state index in [2.05, 4.69) is 10.5 Å². The quantitative estimate of drug-likeness (QED) is 0.332. The predicted molar refractivity (Wildman–Crippen MR) is 98.9 cm³/mol. The van der Waals surface area contributed by atoms with E-state index in [0.29, 0.717) is 5.69 Å². The molecule has 126 valence electrons. The minimum atomic E-state index is -0.455. The molecule has 5 nitrogen and oxygen atoms in total. The fourth-order valence-electron chi connectivity index (χ4n) is 1.20. The van der Waals surface area contributed by atoms with Crippen molar-refractivity contribution in [3.63, 3.8) is 0 Å². The van der Waals surface area contributed by atoms with Gasteiger partial charge in [0.1, 0.15) is 6.21 Å². The van der Waals surface area contributed by atoms with Crippen molar-refractivity contribution in [3.05, 3.63) is 60.7 Å². The number of nitrogens with zero attached hydrogens (tertiary/aromatic N) is 1. The molecule has 0 saturated heterocycles. The monoisotopic (exact) mass is 317 g/mol. The smallest absolute Gasteiger partial charge is 0.270 e. The number of anilines is 2. The maximum Gasteiger partial charge on any atom is 0.270 e. The molecule has 0 saturated carbocycles. The van der Waals surface area contributed by atoms with Crippen LogP contribution < -0.4 is 11.1 Å². The van der Waals surface area contributed by atoms with Crippen LogP contribution in [0.15, 0.2) is 65.8 Å². The number of amides is 1. The van der Waals surface area contributed by atoms with Gasteiger partial charge in [0.05, 0.1) is 0 Å². The second-order valence-electron chi connectivity index (χ2n) is 3.51. The number of oxime groups is 1. The van der Waals surface area contributed by atoms with Crippen LogP contribution in [-0.4, -0.2) is 17.3 Å². The maximum absolute atomic E-state index is 10.8. The average Bonchev–Trinajstić information content (AvgIpc) is 2.61. The van der Waals surface area contributed by atoms with Crippen LogP contribution in [0.3, 0.4) is 0 Å². The Morgan fingerprint density at radius 2 is 1.39 bits per heavy atom. The zero-order valence-corrected chi connectivity index (χ0v) is 14.2. The van der Waals surface area contributed by atoms with Gasteiger partial charge in [-0.05, 0) is 24.3 Å². The summed E-state index contributed by atoms with van der Waals surface area (Å²) in [7, 11) is 0. The van der Waals surface area contributed by atoms with Crippen molar-refractivity contribution < 1.29 is 10.0 Å². The minimum Gasteiger partial charge on any atom is -0.411 e. The summed E-state index contributed by atoms with van der Waals surface area (Å²) in [5.41, 5.74) is 6.85. The summed E-state index contributed by atoms with van der Waals surface area (Å²) in [5.74, 6) is -0.455. The van der Waals surface area contributed by atoms with E-state index >= 15 is 0 Å². The Bertz CT molecular complexity index is 514. The summed E-state index contributed by atoms with van der Waals surface area (Å²) in [4.78, 5) is 10.8. The first-order valence-corrected chi connectivity index (χ1v) is 7.56. The van der Waals surface area contributed by atoms with Crippen molar-refractivity contribution in [1.29, 1.82) is 0 Å². The molecule has 23 heavy (non-hydrogen) atoms. The van der Waals surface area contributed by atoms with Crippen LogP contribution in [0.5, 0.6) is 0 Å².